The topological polar surface area (TPSA) is 54.9 Å². The van der Waals surface area contributed by atoms with Crippen LogP contribution in [0.3, 0.4) is 0 Å². The standard InChI is InChI=1S/C21H17N3OS/c25-20(12-17-6-3-5-15-4-1-2-7-19(15)17)23-13-18-14-26-21(24-18)16-8-10-22-11-9-16/h1-11,14H,12-13H2,(H,23,25). The predicted molar refractivity (Wildman–Crippen MR) is 105 cm³/mol. The zero-order valence-corrected chi connectivity index (χ0v) is 14.9. The van der Waals surface area contributed by atoms with Gasteiger partial charge < -0.3 is 5.32 Å². The van der Waals surface area contributed by atoms with Gasteiger partial charge in [-0.1, -0.05) is 42.5 Å². The fourth-order valence-electron chi connectivity index (χ4n) is 2.89. The lowest BCUT2D eigenvalue weighted by Crippen LogP contribution is -2.24. The summed E-state index contributed by atoms with van der Waals surface area (Å²) in [4.78, 5) is 21.0. The molecule has 4 rings (SSSR count). The number of fused-ring (bicyclic) bond motifs is 1. The van der Waals surface area contributed by atoms with Crippen LogP contribution in [-0.4, -0.2) is 15.9 Å². The largest absolute Gasteiger partial charge is 0.350 e. The number of carbonyl (C=O) groups is 1. The first-order valence-electron chi connectivity index (χ1n) is 8.38. The molecule has 0 spiro atoms. The SMILES string of the molecule is O=C(Cc1cccc2ccccc12)NCc1csc(-c2ccncc2)n1. The van der Waals surface area contributed by atoms with Gasteiger partial charge in [0.25, 0.3) is 0 Å². The Bertz CT molecular complexity index is 1040. The molecule has 0 aliphatic rings. The Balaban J connectivity index is 1.41. The van der Waals surface area contributed by atoms with Crippen LogP contribution in [-0.2, 0) is 17.8 Å². The highest BCUT2D eigenvalue weighted by atomic mass is 32.1. The number of benzene rings is 2. The second kappa shape index (κ2) is 7.45. The molecule has 0 fully saturated rings. The molecule has 0 aliphatic carbocycles. The molecule has 0 bridgehead atoms. The molecule has 0 aliphatic heterocycles. The first kappa shape index (κ1) is 16.4. The third-order valence-corrected chi connectivity index (χ3v) is 5.12. The van der Waals surface area contributed by atoms with Crippen molar-refractivity contribution in [1.82, 2.24) is 15.3 Å². The zero-order valence-electron chi connectivity index (χ0n) is 14.1. The van der Waals surface area contributed by atoms with Gasteiger partial charge in [0.2, 0.25) is 5.91 Å². The Kier molecular flexibility index (Phi) is 4.71. The Hall–Kier alpha value is -3.05. The molecule has 4 aromatic rings. The summed E-state index contributed by atoms with van der Waals surface area (Å²) in [5.41, 5.74) is 2.95. The minimum absolute atomic E-state index is 0.000172. The van der Waals surface area contributed by atoms with E-state index in [1.54, 1.807) is 23.7 Å². The molecule has 0 saturated heterocycles. The van der Waals surface area contributed by atoms with Crippen LogP contribution >= 0.6 is 11.3 Å². The van der Waals surface area contributed by atoms with Crippen molar-refractivity contribution in [3.05, 3.63) is 83.6 Å². The number of nitrogens with one attached hydrogen (secondary N) is 1. The van der Waals surface area contributed by atoms with Gasteiger partial charge in [0, 0.05) is 23.3 Å². The van der Waals surface area contributed by atoms with Crippen molar-refractivity contribution in [1.29, 1.82) is 0 Å². The summed E-state index contributed by atoms with van der Waals surface area (Å²) in [6, 6.07) is 18.1. The highest BCUT2D eigenvalue weighted by molar-refractivity contribution is 7.13. The van der Waals surface area contributed by atoms with Gasteiger partial charge in [0.1, 0.15) is 5.01 Å². The fraction of sp³-hybridized carbons (Fsp3) is 0.0952. The highest BCUT2D eigenvalue weighted by Crippen LogP contribution is 2.23. The third kappa shape index (κ3) is 3.63. The van der Waals surface area contributed by atoms with Crippen LogP contribution < -0.4 is 5.32 Å². The van der Waals surface area contributed by atoms with Crippen molar-refractivity contribution < 1.29 is 4.79 Å². The Labute approximate surface area is 155 Å². The Morgan fingerprint density at radius 1 is 1.00 bits per heavy atom. The van der Waals surface area contributed by atoms with E-state index in [1.807, 2.05) is 41.8 Å². The number of carbonyl (C=O) groups excluding carboxylic acids is 1. The van der Waals surface area contributed by atoms with Gasteiger partial charge in [-0.15, -0.1) is 11.3 Å². The van der Waals surface area contributed by atoms with E-state index in [0.717, 1.165) is 32.6 Å². The van der Waals surface area contributed by atoms with Crippen LogP contribution in [0, 0.1) is 0 Å². The molecule has 1 amide bonds. The molecule has 4 nitrogen and oxygen atoms in total. The van der Waals surface area contributed by atoms with E-state index in [-0.39, 0.29) is 5.91 Å². The van der Waals surface area contributed by atoms with Gasteiger partial charge in [-0.05, 0) is 28.5 Å². The predicted octanol–water partition coefficient (Wildman–Crippen LogP) is 4.22. The van der Waals surface area contributed by atoms with Gasteiger partial charge in [-0.2, -0.15) is 0 Å². The van der Waals surface area contributed by atoms with E-state index < -0.39 is 0 Å². The van der Waals surface area contributed by atoms with E-state index in [2.05, 4.69) is 33.5 Å². The quantitative estimate of drug-likeness (QED) is 0.580. The highest BCUT2D eigenvalue weighted by Gasteiger charge is 2.09. The third-order valence-electron chi connectivity index (χ3n) is 4.18. The molecule has 2 aromatic carbocycles. The Morgan fingerprint density at radius 3 is 2.69 bits per heavy atom. The second-order valence-corrected chi connectivity index (χ2v) is 6.83. The molecule has 1 N–H and O–H groups in total. The van der Waals surface area contributed by atoms with E-state index in [1.165, 1.54) is 0 Å². The monoisotopic (exact) mass is 359 g/mol. The van der Waals surface area contributed by atoms with Crippen LogP contribution in [0.5, 0.6) is 0 Å². The summed E-state index contributed by atoms with van der Waals surface area (Å²) in [6.45, 7) is 0.436. The van der Waals surface area contributed by atoms with Gasteiger partial charge in [0.05, 0.1) is 18.7 Å². The summed E-state index contributed by atoms with van der Waals surface area (Å²) in [7, 11) is 0. The van der Waals surface area contributed by atoms with Crippen molar-refractivity contribution in [2.24, 2.45) is 0 Å². The lowest BCUT2D eigenvalue weighted by molar-refractivity contribution is -0.120. The number of pyridine rings is 1. The lowest BCUT2D eigenvalue weighted by atomic mass is 10.0. The minimum Gasteiger partial charge on any atom is -0.350 e. The van der Waals surface area contributed by atoms with E-state index in [9.17, 15) is 4.79 Å². The maximum atomic E-state index is 12.4. The van der Waals surface area contributed by atoms with Gasteiger partial charge in [-0.3, -0.25) is 9.78 Å². The molecule has 128 valence electrons. The number of thiazole rings is 1. The van der Waals surface area contributed by atoms with Crippen molar-refractivity contribution in [2.75, 3.05) is 0 Å². The van der Waals surface area contributed by atoms with Gasteiger partial charge in [0.15, 0.2) is 0 Å². The molecule has 2 aromatic heterocycles. The molecule has 5 heteroatoms. The molecule has 0 unspecified atom stereocenters. The number of nitrogens with zero attached hydrogens (tertiary/aromatic N) is 2. The summed E-state index contributed by atoms with van der Waals surface area (Å²) in [6.07, 6.45) is 3.87. The van der Waals surface area contributed by atoms with Crippen LogP contribution in [0.1, 0.15) is 11.3 Å². The van der Waals surface area contributed by atoms with Gasteiger partial charge >= 0.3 is 0 Å². The van der Waals surface area contributed by atoms with Crippen molar-refractivity contribution in [3.63, 3.8) is 0 Å². The number of aromatic nitrogens is 2. The molecule has 0 radical (unpaired) electrons. The van der Waals surface area contributed by atoms with Crippen LogP contribution in [0.25, 0.3) is 21.3 Å². The molecular weight excluding hydrogens is 342 g/mol. The summed E-state index contributed by atoms with van der Waals surface area (Å²) >= 11 is 1.57. The first-order chi connectivity index (χ1) is 12.8. The molecule has 26 heavy (non-hydrogen) atoms. The van der Waals surface area contributed by atoms with Crippen molar-refractivity contribution >= 4 is 28.0 Å². The summed E-state index contributed by atoms with van der Waals surface area (Å²) in [5.74, 6) is -0.000172. The summed E-state index contributed by atoms with van der Waals surface area (Å²) < 4.78 is 0. The maximum Gasteiger partial charge on any atom is 0.224 e. The zero-order chi connectivity index (χ0) is 17.8. The number of rotatable bonds is 5. The van der Waals surface area contributed by atoms with E-state index in [0.29, 0.717) is 13.0 Å². The molecule has 0 atom stereocenters. The average molecular weight is 359 g/mol. The second-order valence-electron chi connectivity index (χ2n) is 5.97. The van der Waals surface area contributed by atoms with E-state index >= 15 is 0 Å². The fourth-order valence-corrected chi connectivity index (χ4v) is 3.71. The molecule has 2 heterocycles. The summed E-state index contributed by atoms with van der Waals surface area (Å²) in [5, 5.41) is 8.16. The number of hydrogen-bond acceptors (Lipinski definition) is 4. The number of amides is 1. The minimum atomic E-state index is -0.000172. The smallest absolute Gasteiger partial charge is 0.224 e. The van der Waals surface area contributed by atoms with Gasteiger partial charge in [-0.25, -0.2) is 4.98 Å². The average Bonchev–Trinajstić information content (AvgIpc) is 3.17. The molecule has 0 saturated carbocycles. The Morgan fingerprint density at radius 2 is 1.81 bits per heavy atom. The first-order valence-corrected chi connectivity index (χ1v) is 9.26. The lowest BCUT2D eigenvalue weighted by Gasteiger charge is -2.07. The van der Waals surface area contributed by atoms with Crippen molar-refractivity contribution in [3.8, 4) is 10.6 Å². The maximum absolute atomic E-state index is 12.4. The molecular formula is C21H17N3OS. The normalized spacial score (nSPS) is 10.8. The van der Waals surface area contributed by atoms with Crippen LogP contribution in [0.4, 0.5) is 0 Å². The number of hydrogen-bond donors (Lipinski definition) is 1. The van der Waals surface area contributed by atoms with E-state index in [4.69, 9.17) is 0 Å². The van der Waals surface area contributed by atoms with Crippen molar-refractivity contribution in [2.45, 2.75) is 13.0 Å². The van der Waals surface area contributed by atoms with Crippen LogP contribution in [0.15, 0.2) is 72.4 Å². The van der Waals surface area contributed by atoms with Crippen LogP contribution in [0.2, 0.25) is 0 Å².